The standard InChI is InChI=1S/C7H9IN2S/c8-7-10-9-6(11-7)4-3-5-1-2-5/h5H,1-4H2. The molecule has 1 saturated carbocycles. The minimum Gasteiger partial charge on any atom is -0.143 e. The molecule has 0 bridgehead atoms. The molecule has 1 fully saturated rings. The lowest BCUT2D eigenvalue weighted by molar-refractivity contribution is 0.717. The molecule has 1 aromatic heterocycles. The first-order valence-electron chi connectivity index (χ1n) is 3.82. The van der Waals surface area contributed by atoms with Crippen molar-refractivity contribution in [3.63, 3.8) is 0 Å². The average Bonchev–Trinajstić information content (AvgIpc) is 2.72. The van der Waals surface area contributed by atoms with Gasteiger partial charge in [-0.3, -0.25) is 0 Å². The highest BCUT2D eigenvalue weighted by Crippen LogP contribution is 2.33. The lowest BCUT2D eigenvalue weighted by atomic mass is 10.2. The van der Waals surface area contributed by atoms with E-state index >= 15 is 0 Å². The molecule has 1 heterocycles. The van der Waals surface area contributed by atoms with Crippen LogP contribution in [0.15, 0.2) is 0 Å². The maximum Gasteiger partial charge on any atom is 0.178 e. The first-order chi connectivity index (χ1) is 5.34. The van der Waals surface area contributed by atoms with Gasteiger partial charge < -0.3 is 0 Å². The predicted molar refractivity (Wildman–Crippen MR) is 53.7 cm³/mol. The SMILES string of the molecule is Ic1nnc(CCC2CC2)s1. The Morgan fingerprint density at radius 3 is 2.82 bits per heavy atom. The van der Waals surface area contributed by atoms with Crippen molar-refractivity contribution in [2.45, 2.75) is 25.7 Å². The summed E-state index contributed by atoms with van der Waals surface area (Å²) in [5.41, 5.74) is 0. The van der Waals surface area contributed by atoms with Crippen molar-refractivity contribution in [3.05, 3.63) is 8.02 Å². The van der Waals surface area contributed by atoms with E-state index in [-0.39, 0.29) is 0 Å². The van der Waals surface area contributed by atoms with Gasteiger partial charge in [0, 0.05) is 6.42 Å². The second-order valence-electron chi connectivity index (χ2n) is 2.93. The lowest BCUT2D eigenvalue weighted by Gasteiger charge is -1.90. The van der Waals surface area contributed by atoms with Crippen LogP contribution in [-0.4, -0.2) is 10.2 Å². The van der Waals surface area contributed by atoms with Gasteiger partial charge in [-0.05, 0) is 34.9 Å². The summed E-state index contributed by atoms with van der Waals surface area (Å²) < 4.78 is 1.06. The van der Waals surface area contributed by atoms with E-state index in [0.717, 1.165) is 15.4 Å². The number of nitrogens with zero attached hydrogens (tertiary/aromatic N) is 2. The van der Waals surface area contributed by atoms with Crippen LogP contribution in [0.3, 0.4) is 0 Å². The largest absolute Gasteiger partial charge is 0.178 e. The normalized spacial score (nSPS) is 17.2. The van der Waals surface area contributed by atoms with Gasteiger partial charge >= 0.3 is 0 Å². The van der Waals surface area contributed by atoms with Crippen LogP contribution < -0.4 is 0 Å². The maximum atomic E-state index is 4.08. The molecule has 2 nitrogen and oxygen atoms in total. The summed E-state index contributed by atoms with van der Waals surface area (Å²) in [7, 11) is 0. The third kappa shape index (κ3) is 2.37. The molecule has 0 aromatic carbocycles. The molecule has 0 amide bonds. The summed E-state index contributed by atoms with van der Waals surface area (Å²) in [6.07, 6.45) is 5.35. The molecule has 2 rings (SSSR count). The van der Waals surface area contributed by atoms with Crippen molar-refractivity contribution in [1.82, 2.24) is 10.2 Å². The second-order valence-corrected chi connectivity index (χ2v) is 5.75. The van der Waals surface area contributed by atoms with E-state index in [4.69, 9.17) is 0 Å². The Morgan fingerprint density at radius 1 is 1.45 bits per heavy atom. The van der Waals surface area contributed by atoms with Gasteiger partial charge in [0.2, 0.25) is 0 Å². The molecule has 1 aliphatic rings. The molecule has 60 valence electrons. The van der Waals surface area contributed by atoms with Crippen LogP contribution in [0.5, 0.6) is 0 Å². The monoisotopic (exact) mass is 280 g/mol. The molecule has 0 saturated heterocycles. The van der Waals surface area contributed by atoms with Crippen LogP contribution >= 0.6 is 33.9 Å². The van der Waals surface area contributed by atoms with Gasteiger partial charge in [0.05, 0.1) is 0 Å². The minimum atomic E-state index is 1.01. The Bertz CT molecular complexity index is 244. The molecular weight excluding hydrogens is 271 g/mol. The van der Waals surface area contributed by atoms with Gasteiger partial charge in [-0.15, -0.1) is 10.2 Å². The fourth-order valence-corrected chi connectivity index (χ4v) is 2.52. The fraction of sp³-hybridized carbons (Fsp3) is 0.714. The van der Waals surface area contributed by atoms with Gasteiger partial charge in [-0.25, -0.2) is 0 Å². The quantitative estimate of drug-likeness (QED) is 0.795. The molecule has 0 N–H and O–H groups in total. The number of aryl methyl sites for hydroxylation is 1. The number of halogens is 1. The second kappa shape index (κ2) is 3.35. The van der Waals surface area contributed by atoms with Crippen molar-refractivity contribution >= 4 is 33.9 Å². The van der Waals surface area contributed by atoms with Crippen molar-refractivity contribution in [3.8, 4) is 0 Å². The van der Waals surface area contributed by atoms with Gasteiger partial charge in [0.1, 0.15) is 5.01 Å². The van der Waals surface area contributed by atoms with Crippen molar-refractivity contribution in [2.24, 2.45) is 5.92 Å². The molecule has 11 heavy (non-hydrogen) atoms. The highest BCUT2D eigenvalue weighted by atomic mass is 127. The summed E-state index contributed by atoms with van der Waals surface area (Å²) in [6, 6.07) is 0. The third-order valence-corrected chi connectivity index (χ3v) is 3.55. The zero-order valence-corrected chi connectivity index (χ0v) is 9.06. The van der Waals surface area contributed by atoms with Crippen molar-refractivity contribution in [2.75, 3.05) is 0 Å². The topological polar surface area (TPSA) is 25.8 Å². The Labute approximate surface area is 83.6 Å². The third-order valence-electron chi connectivity index (χ3n) is 1.91. The van der Waals surface area contributed by atoms with Gasteiger partial charge in [0.25, 0.3) is 0 Å². The highest BCUT2D eigenvalue weighted by Gasteiger charge is 2.21. The van der Waals surface area contributed by atoms with E-state index in [2.05, 4.69) is 32.8 Å². The first kappa shape index (κ1) is 7.91. The first-order valence-corrected chi connectivity index (χ1v) is 5.72. The maximum absolute atomic E-state index is 4.08. The molecular formula is C7H9IN2S. The molecule has 0 aliphatic heterocycles. The summed E-state index contributed by atoms with van der Waals surface area (Å²) in [4.78, 5) is 0. The number of hydrogen-bond donors (Lipinski definition) is 0. The van der Waals surface area contributed by atoms with Crippen LogP contribution in [-0.2, 0) is 6.42 Å². The molecule has 0 spiro atoms. The predicted octanol–water partition coefficient (Wildman–Crippen LogP) is 2.49. The Morgan fingerprint density at radius 2 is 2.27 bits per heavy atom. The smallest absolute Gasteiger partial charge is 0.143 e. The van der Waals surface area contributed by atoms with Crippen LogP contribution in [0.25, 0.3) is 0 Å². The molecule has 1 aliphatic carbocycles. The van der Waals surface area contributed by atoms with E-state index in [9.17, 15) is 0 Å². The van der Waals surface area contributed by atoms with Crippen LogP contribution in [0.2, 0.25) is 0 Å². The van der Waals surface area contributed by atoms with E-state index in [1.807, 2.05) is 0 Å². The number of aromatic nitrogens is 2. The Hall–Kier alpha value is 0.290. The van der Waals surface area contributed by atoms with E-state index in [0.29, 0.717) is 0 Å². The number of rotatable bonds is 3. The Balaban J connectivity index is 1.85. The summed E-state index contributed by atoms with van der Waals surface area (Å²) in [5.74, 6) is 1.01. The fourth-order valence-electron chi connectivity index (χ4n) is 1.07. The summed E-state index contributed by atoms with van der Waals surface area (Å²) >= 11 is 3.94. The van der Waals surface area contributed by atoms with E-state index in [1.54, 1.807) is 11.3 Å². The van der Waals surface area contributed by atoms with Crippen molar-refractivity contribution < 1.29 is 0 Å². The molecule has 0 atom stereocenters. The lowest BCUT2D eigenvalue weighted by Crippen LogP contribution is -1.84. The van der Waals surface area contributed by atoms with Crippen molar-refractivity contribution in [1.29, 1.82) is 0 Å². The van der Waals surface area contributed by atoms with Crippen LogP contribution in [0.4, 0.5) is 0 Å². The van der Waals surface area contributed by atoms with Crippen LogP contribution in [0.1, 0.15) is 24.3 Å². The summed E-state index contributed by atoms with van der Waals surface area (Å²) in [5, 5.41) is 9.26. The van der Waals surface area contributed by atoms with Gasteiger partial charge in [-0.2, -0.15) is 0 Å². The molecule has 0 unspecified atom stereocenters. The van der Waals surface area contributed by atoms with Gasteiger partial charge in [0.15, 0.2) is 3.01 Å². The molecule has 4 heteroatoms. The van der Waals surface area contributed by atoms with E-state index in [1.165, 1.54) is 24.3 Å². The minimum absolute atomic E-state index is 1.01. The summed E-state index contributed by atoms with van der Waals surface area (Å²) in [6.45, 7) is 0. The average molecular weight is 280 g/mol. The number of hydrogen-bond acceptors (Lipinski definition) is 3. The Kier molecular flexibility index (Phi) is 2.41. The van der Waals surface area contributed by atoms with Gasteiger partial charge in [-0.1, -0.05) is 24.2 Å². The zero-order chi connectivity index (χ0) is 7.68. The van der Waals surface area contributed by atoms with Crippen LogP contribution in [0, 0.1) is 8.93 Å². The molecule has 1 aromatic rings. The zero-order valence-electron chi connectivity index (χ0n) is 6.09. The molecule has 0 radical (unpaired) electrons. The highest BCUT2D eigenvalue weighted by molar-refractivity contribution is 14.1. The van der Waals surface area contributed by atoms with E-state index < -0.39 is 0 Å².